The lowest BCUT2D eigenvalue weighted by atomic mass is 10.2. The molecule has 0 fully saturated rings. The van der Waals surface area contributed by atoms with Gasteiger partial charge in [0.15, 0.2) is 0 Å². The van der Waals surface area contributed by atoms with Gasteiger partial charge in [0, 0.05) is 34.8 Å². The highest BCUT2D eigenvalue weighted by atomic mass is 32.2. The molecule has 2 amide bonds. The molecule has 0 bridgehead atoms. The molecular weight excluding hydrogens is 592 g/mol. The molecule has 42 heavy (non-hydrogen) atoms. The fourth-order valence-electron chi connectivity index (χ4n) is 3.89. The van der Waals surface area contributed by atoms with E-state index in [1.54, 1.807) is 0 Å². The van der Waals surface area contributed by atoms with Crippen molar-refractivity contribution in [2.45, 2.75) is 12.1 Å². The van der Waals surface area contributed by atoms with Gasteiger partial charge in [0.2, 0.25) is 0 Å². The third kappa shape index (κ3) is 8.05. The van der Waals surface area contributed by atoms with Crippen LogP contribution < -0.4 is 0 Å². The van der Waals surface area contributed by atoms with Crippen LogP contribution >= 0.6 is 23.5 Å². The SMILES string of the molecule is O=C(C1CSC(c2ccc(O)cc2O)=N1)N(O)CCOCCOCCN(O)C(=O)C1CSC(c2ccc(O)cc2O)=N1. The summed E-state index contributed by atoms with van der Waals surface area (Å²) in [5, 5.41) is 60.9. The summed E-state index contributed by atoms with van der Waals surface area (Å²) in [6.45, 7) is 0.151. The van der Waals surface area contributed by atoms with Gasteiger partial charge >= 0.3 is 0 Å². The van der Waals surface area contributed by atoms with E-state index in [0.29, 0.717) is 42.8 Å². The number of hydrogen-bond acceptors (Lipinski definition) is 14. The fraction of sp³-hybridized carbons (Fsp3) is 0.385. The smallest absolute Gasteiger partial charge is 0.271 e. The lowest BCUT2D eigenvalue weighted by molar-refractivity contribution is -0.170. The van der Waals surface area contributed by atoms with Crippen LogP contribution in [0.2, 0.25) is 0 Å². The highest BCUT2D eigenvalue weighted by molar-refractivity contribution is 8.15. The van der Waals surface area contributed by atoms with Gasteiger partial charge in [-0.3, -0.25) is 30.0 Å². The van der Waals surface area contributed by atoms with Gasteiger partial charge in [-0.15, -0.1) is 23.5 Å². The molecule has 0 saturated carbocycles. The Morgan fingerprint density at radius 3 is 1.50 bits per heavy atom. The van der Waals surface area contributed by atoms with Crippen LogP contribution in [0.25, 0.3) is 0 Å². The predicted octanol–water partition coefficient (Wildman–Crippen LogP) is 1.40. The first-order chi connectivity index (χ1) is 20.1. The van der Waals surface area contributed by atoms with E-state index >= 15 is 0 Å². The molecule has 2 unspecified atom stereocenters. The number of phenolic OH excluding ortho intramolecular Hbond substituents is 4. The van der Waals surface area contributed by atoms with Gasteiger partial charge < -0.3 is 29.9 Å². The van der Waals surface area contributed by atoms with Gasteiger partial charge in [-0.25, -0.2) is 10.1 Å². The summed E-state index contributed by atoms with van der Waals surface area (Å²) in [5.74, 6) is -1.14. The highest BCUT2D eigenvalue weighted by Crippen LogP contribution is 2.32. The molecule has 6 N–H and O–H groups in total. The molecule has 2 aliphatic heterocycles. The van der Waals surface area contributed by atoms with E-state index in [2.05, 4.69) is 9.98 Å². The van der Waals surface area contributed by atoms with Gasteiger partial charge in [-0.2, -0.15) is 0 Å². The summed E-state index contributed by atoms with van der Waals surface area (Å²) in [6.07, 6.45) is 0. The van der Waals surface area contributed by atoms with Crippen molar-refractivity contribution >= 4 is 45.4 Å². The number of hydrogen-bond donors (Lipinski definition) is 6. The minimum Gasteiger partial charge on any atom is -0.508 e. The highest BCUT2D eigenvalue weighted by Gasteiger charge is 2.31. The molecule has 0 spiro atoms. The van der Waals surface area contributed by atoms with E-state index in [0.717, 1.165) is 0 Å². The number of benzene rings is 2. The Labute approximate surface area is 248 Å². The van der Waals surface area contributed by atoms with Crippen LogP contribution in [0.1, 0.15) is 11.1 Å². The zero-order valence-corrected chi connectivity index (χ0v) is 23.8. The molecular formula is C26H30N4O10S2. The number of nitrogens with zero attached hydrogens (tertiary/aromatic N) is 4. The van der Waals surface area contributed by atoms with Crippen LogP contribution in [0.5, 0.6) is 23.0 Å². The molecule has 4 rings (SSSR count). The summed E-state index contributed by atoms with van der Waals surface area (Å²) in [4.78, 5) is 33.5. The number of aliphatic imine (C=N–C) groups is 2. The van der Waals surface area contributed by atoms with E-state index in [1.807, 2.05) is 0 Å². The molecule has 16 heteroatoms. The summed E-state index contributed by atoms with van der Waals surface area (Å²) < 4.78 is 10.7. The fourth-order valence-corrected chi connectivity index (χ4v) is 6.01. The quantitative estimate of drug-likeness (QED) is 0.107. The minimum absolute atomic E-state index is 0.0294. The van der Waals surface area contributed by atoms with E-state index < -0.39 is 23.9 Å². The maximum Gasteiger partial charge on any atom is 0.271 e. The van der Waals surface area contributed by atoms with Crippen LogP contribution in [-0.2, 0) is 19.1 Å². The topological polar surface area (TPSA) is 205 Å². The number of carbonyl (C=O) groups is 2. The number of hydroxylamine groups is 4. The van der Waals surface area contributed by atoms with Crippen molar-refractivity contribution in [3.05, 3.63) is 47.5 Å². The first-order valence-electron chi connectivity index (χ1n) is 12.8. The number of ether oxygens (including phenoxy) is 2. The van der Waals surface area contributed by atoms with Crippen LogP contribution in [0.15, 0.2) is 46.4 Å². The second kappa shape index (κ2) is 14.6. The molecule has 226 valence electrons. The Morgan fingerprint density at radius 1 is 0.714 bits per heavy atom. The lowest BCUT2D eigenvalue weighted by Gasteiger charge is -2.18. The Kier molecular flexibility index (Phi) is 10.9. The first-order valence-corrected chi connectivity index (χ1v) is 14.7. The van der Waals surface area contributed by atoms with E-state index in [1.165, 1.54) is 59.9 Å². The van der Waals surface area contributed by atoms with Crippen molar-refractivity contribution in [3.8, 4) is 23.0 Å². The van der Waals surface area contributed by atoms with E-state index in [4.69, 9.17) is 9.47 Å². The summed E-state index contributed by atoms with van der Waals surface area (Å²) >= 11 is 2.51. The molecule has 2 aliphatic rings. The summed E-state index contributed by atoms with van der Waals surface area (Å²) in [7, 11) is 0. The molecule has 2 aromatic carbocycles. The third-order valence-corrected chi connectivity index (χ3v) is 8.23. The number of thioether (sulfide) groups is 2. The van der Waals surface area contributed by atoms with E-state index in [9.17, 15) is 40.4 Å². The molecule has 0 radical (unpaired) electrons. The van der Waals surface area contributed by atoms with Crippen LogP contribution in [0, 0.1) is 0 Å². The van der Waals surface area contributed by atoms with Gasteiger partial charge in [0.1, 0.15) is 45.2 Å². The number of aromatic hydroxyl groups is 4. The van der Waals surface area contributed by atoms with Gasteiger partial charge in [-0.1, -0.05) is 0 Å². The average molecular weight is 623 g/mol. The molecule has 2 aromatic rings. The van der Waals surface area contributed by atoms with Crippen LogP contribution in [0.4, 0.5) is 0 Å². The average Bonchev–Trinajstić information content (AvgIpc) is 3.64. The Balaban J connectivity index is 1.09. The molecule has 2 atom stereocenters. The van der Waals surface area contributed by atoms with Gasteiger partial charge in [0.05, 0.1) is 39.5 Å². The zero-order valence-electron chi connectivity index (χ0n) is 22.2. The third-order valence-electron chi connectivity index (χ3n) is 6.07. The summed E-state index contributed by atoms with van der Waals surface area (Å²) in [6, 6.07) is 6.52. The standard InChI is InChI=1S/C26H30N4O10S2/c31-15-1-3-17(21(33)11-15)23-27-19(13-41-23)25(35)29(37)5-7-39-9-10-40-8-6-30(38)26(36)20-14-42-24(28-20)18-4-2-16(32)12-22(18)34/h1-4,11-12,19-20,31-34,37-38H,5-10,13-14H2. The number of phenols is 4. The molecule has 14 nitrogen and oxygen atoms in total. The van der Waals surface area contributed by atoms with Gasteiger partial charge in [-0.05, 0) is 24.3 Å². The second-order valence-electron chi connectivity index (χ2n) is 9.07. The maximum absolute atomic E-state index is 12.5. The van der Waals surface area contributed by atoms with Crippen LogP contribution in [0.3, 0.4) is 0 Å². The molecule has 2 heterocycles. The maximum atomic E-state index is 12.5. The Bertz CT molecular complexity index is 1260. The minimum atomic E-state index is -0.823. The molecule has 0 aliphatic carbocycles. The normalized spacial score (nSPS) is 18.0. The van der Waals surface area contributed by atoms with Crippen molar-refractivity contribution in [2.75, 3.05) is 51.0 Å². The predicted molar refractivity (Wildman–Crippen MR) is 154 cm³/mol. The van der Waals surface area contributed by atoms with Crippen molar-refractivity contribution in [2.24, 2.45) is 9.98 Å². The molecule has 0 saturated heterocycles. The number of carbonyl (C=O) groups excluding carboxylic acids is 2. The van der Waals surface area contributed by atoms with Crippen molar-refractivity contribution in [1.29, 1.82) is 0 Å². The monoisotopic (exact) mass is 622 g/mol. The van der Waals surface area contributed by atoms with E-state index in [-0.39, 0.29) is 62.5 Å². The van der Waals surface area contributed by atoms with Gasteiger partial charge in [0.25, 0.3) is 11.8 Å². The van der Waals surface area contributed by atoms with Crippen molar-refractivity contribution < 1.29 is 49.9 Å². The first kappa shape index (κ1) is 31.4. The Morgan fingerprint density at radius 2 is 1.12 bits per heavy atom. The second-order valence-corrected chi connectivity index (χ2v) is 11.1. The number of amides is 2. The zero-order chi connectivity index (χ0) is 30.2. The largest absolute Gasteiger partial charge is 0.508 e. The molecule has 0 aromatic heterocycles. The summed E-state index contributed by atoms with van der Waals surface area (Å²) in [5.41, 5.74) is 0.781. The lowest BCUT2D eigenvalue weighted by Crippen LogP contribution is -2.38. The van der Waals surface area contributed by atoms with Crippen molar-refractivity contribution in [1.82, 2.24) is 10.1 Å². The van der Waals surface area contributed by atoms with Crippen molar-refractivity contribution in [3.63, 3.8) is 0 Å². The number of rotatable bonds is 13. The van der Waals surface area contributed by atoms with Crippen LogP contribution in [-0.4, -0.2) is 126 Å². The Hall–Kier alpha value is -3.54.